The summed E-state index contributed by atoms with van der Waals surface area (Å²) >= 11 is 0.936. The van der Waals surface area contributed by atoms with Crippen LogP contribution in [0.1, 0.15) is 0 Å². The summed E-state index contributed by atoms with van der Waals surface area (Å²) in [6.07, 6.45) is 0. The van der Waals surface area contributed by atoms with Gasteiger partial charge in [-0.05, 0) is 12.1 Å². The van der Waals surface area contributed by atoms with Gasteiger partial charge in [0.1, 0.15) is 15.9 Å². The summed E-state index contributed by atoms with van der Waals surface area (Å²) in [5, 5.41) is 8.70. The van der Waals surface area contributed by atoms with Crippen molar-refractivity contribution in [1.82, 2.24) is 18.0 Å². The lowest BCUT2D eigenvalue weighted by Crippen LogP contribution is -2.52. The van der Waals surface area contributed by atoms with Crippen LogP contribution < -0.4 is 0 Å². The van der Waals surface area contributed by atoms with Crippen LogP contribution in [-0.4, -0.2) is 69.5 Å². The van der Waals surface area contributed by atoms with Crippen molar-refractivity contribution >= 4 is 44.7 Å². The highest BCUT2D eigenvalue weighted by Gasteiger charge is 2.33. The second-order valence-corrected chi connectivity index (χ2v) is 7.32. The molecule has 0 unspecified atom stereocenters. The maximum atomic E-state index is 12.8. The Morgan fingerprint density at radius 3 is 2.48 bits per heavy atom. The second-order valence-electron chi connectivity index (χ2n) is 4.89. The molecule has 1 aromatic carbocycles. The number of carbonyl (C=O) groups is 2. The Hall–Kier alpha value is -2.11. The third-order valence-electron chi connectivity index (χ3n) is 3.58. The van der Waals surface area contributed by atoms with E-state index in [-0.39, 0.29) is 31.1 Å². The summed E-state index contributed by atoms with van der Waals surface area (Å²) in [5.41, 5.74) is 0.831. The molecule has 1 aromatic heterocycles. The highest BCUT2D eigenvalue weighted by Crippen LogP contribution is 2.25. The van der Waals surface area contributed by atoms with Gasteiger partial charge in [-0.25, -0.2) is 13.2 Å². The minimum atomic E-state index is -3.78. The molecular weight excluding hydrogens is 344 g/mol. The number of aliphatic carboxylic acids is 1. The molecule has 11 heteroatoms. The molecule has 0 radical (unpaired) electrons. The lowest BCUT2D eigenvalue weighted by atomic mass is 10.3. The molecule has 1 amide bonds. The van der Waals surface area contributed by atoms with Crippen molar-refractivity contribution in [2.45, 2.75) is 4.90 Å². The fourth-order valence-electron chi connectivity index (χ4n) is 2.40. The van der Waals surface area contributed by atoms with Gasteiger partial charge in [0.2, 0.25) is 10.0 Å². The van der Waals surface area contributed by atoms with E-state index in [2.05, 4.69) is 8.75 Å². The van der Waals surface area contributed by atoms with Crippen LogP contribution in [0.25, 0.3) is 11.0 Å². The number of carboxylic acids is 1. The summed E-state index contributed by atoms with van der Waals surface area (Å²) in [6.45, 7) is 0.149. The third kappa shape index (κ3) is 2.78. The van der Waals surface area contributed by atoms with Crippen LogP contribution in [0.3, 0.4) is 0 Å². The van der Waals surface area contributed by atoms with Crippen LogP contribution in [0, 0.1) is 0 Å². The first-order chi connectivity index (χ1) is 10.9. The number of nitrogens with zero attached hydrogens (tertiary/aromatic N) is 4. The van der Waals surface area contributed by atoms with Gasteiger partial charge in [0.15, 0.2) is 0 Å². The molecule has 1 fully saturated rings. The molecular formula is C12H12N4O5S2. The quantitative estimate of drug-likeness (QED) is 0.727. The van der Waals surface area contributed by atoms with E-state index in [0.717, 1.165) is 16.6 Å². The number of hydrogen-bond acceptors (Lipinski definition) is 7. The zero-order valence-corrected chi connectivity index (χ0v) is 13.4. The molecule has 1 saturated heterocycles. The smallest absolute Gasteiger partial charge is 0.394 e. The van der Waals surface area contributed by atoms with Crippen molar-refractivity contribution < 1.29 is 23.1 Å². The number of aromatic nitrogens is 2. The Morgan fingerprint density at radius 1 is 1.13 bits per heavy atom. The number of fused-ring (bicyclic) bond motifs is 1. The normalized spacial score (nSPS) is 16.6. The van der Waals surface area contributed by atoms with Crippen molar-refractivity contribution in [1.29, 1.82) is 0 Å². The molecule has 122 valence electrons. The van der Waals surface area contributed by atoms with E-state index >= 15 is 0 Å². The maximum Gasteiger partial charge on any atom is 0.394 e. The van der Waals surface area contributed by atoms with E-state index in [1.165, 1.54) is 10.4 Å². The Kier molecular flexibility index (Phi) is 4.00. The van der Waals surface area contributed by atoms with Gasteiger partial charge in [0, 0.05) is 26.2 Å². The van der Waals surface area contributed by atoms with Crippen LogP contribution >= 0.6 is 11.7 Å². The van der Waals surface area contributed by atoms with Crippen LogP contribution in [0.4, 0.5) is 0 Å². The Bertz CT molecular complexity index is 870. The van der Waals surface area contributed by atoms with E-state index in [9.17, 15) is 18.0 Å². The summed E-state index contributed by atoms with van der Waals surface area (Å²) in [4.78, 5) is 23.3. The van der Waals surface area contributed by atoms with Gasteiger partial charge in [-0.3, -0.25) is 4.79 Å². The summed E-state index contributed by atoms with van der Waals surface area (Å²) in [6, 6.07) is 4.75. The highest BCUT2D eigenvalue weighted by atomic mass is 32.2. The zero-order valence-electron chi connectivity index (χ0n) is 11.7. The molecule has 23 heavy (non-hydrogen) atoms. The lowest BCUT2D eigenvalue weighted by Gasteiger charge is -2.33. The first kappa shape index (κ1) is 15.8. The molecule has 0 atom stereocenters. The van der Waals surface area contributed by atoms with Crippen molar-refractivity contribution in [3.8, 4) is 0 Å². The predicted molar refractivity (Wildman–Crippen MR) is 80.4 cm³/mol. The van der Waals surface area contributed by atoms with Crippen molar-refractivity contribution in [2.24, 2.45) is 0 Å². The molecule has 0 saturated carbocycles. The zero-order chi connectivity index (χ0) is 16.6. The SMILES string of the molecule is O=C(O)C(=O)N1CCN(S(=O)(=O)c2cccc3nsnc23)CC1. The number of hydrogen-bond donors (Lipinski definition) is 1. The Labute approximate surface area is 135 Å². The fourth-order valence-corrected chi connectivity index (χ4v) is 4.57. The second kappa shape index (κ2) is 5.83. The number of carbonyl (C=O) groups excluding carboxylic acids is 1. The average molecular weight is 356 g/mol. The average Bonchev–Trinajstić information content (AvgIpc) is 3.02. The lowest BCUT2D eigenvalue weighted by molar-refractivity contribution is -0.156. The number of benzene rings is 1. The van der Waals surface area contributed by atoms with E-state index in [1.54, 1.807) is 12.1 Å². The number of amides is 1. The van der Waals surface area contributed by atoms with Gasteiger partial charge in [0.25, 0.3) is 0 Å². The molecule has 1 N–H and O–H groups in total. The molecule has 0 spiro atoms. The summed E-state index contributed by atoms with van der Waals surface area (Å²) in [7, 11) is -3.78. The number of piperazine rings is 1. The van der Waals surface area contributed by atoms with E-state index in [1.807, 2.05) is 0 Å². The van der Waals surface area contributed by atoms with Crippen LogP contribution in [0.5, 0.6) is 0 Å². The fraction of sp³-hybridized carbons (Fsp3) is 0.333. The standard InChI is InChI=1S/C12H12N4O5S2/c17-11(12(18)19)15-4-6-16(7-5-15)23(20,21)9-3-1-2-8-10(9)14-22-13-8/h1-3H,4-7H2,(H,18,19). The molecule has 1 aliphatic rings. The van der Waals surface area contributed by atoms with E-state index in [4.69, 9.17) is 5.11 Å². The highest BCUT2D eigenvalue weighted by molar-refractivity contribution is 7.89. The topological polar surface area (TPSA) is 121 Å². The number of sulfonamides is 1. The summed E-state index contributed by atoms with van der Waals surface area (Å²) < 4.78 is 34.8. The first-order valence-corrected chi connectivity index (χ1v) is 8.82. The van der Waals surface area contributed by atoms with E-state index < -0.39 is 21.9 Å². The molecule has 0 bridgehead atoms. The first-order valence-electron chi connectivity index (χ1n) is 6.65. The number of rotatable bonds is 2. The molecule has 3 rings (SSSR count). The van der Waals surface area contributed by atoms with Gasteiger partial charge in [0.05, 0.1) is 11.7 Å². The number of carboxylic acid groups (broad SMARTS) is 1. The minimum Gasteiger partial charge on any atom is -0.474 e. The van der Waals surface area contributed by atoms with Gasteiger partial charge >= 0.3 is 11.9 Å². The molecule has 9 nitrogen and oxygen atoms in total. The third-order valence-corrected chi connectivity index (χ3v) is 6.05. The summed E-state index contributed by atoms with van der Waals surface area (Å²) in [5.74, 6) is -2.56. The predicted octanol–water partition coefficient (Wildman–Crippen LogP) is -0.391. The Balaban J connectivity index is 1.84. The van der Waals surface area contributed by atoms with Gasteiger partial charge in [-0.1, -0.05) is 6.07 Å². The largest absolute Gasteiger partial charge is 0.474 e. The molecule has 0 aliphatic carbocycles. The van der Waals surface area contributed by atoms with Crippen LogP contribution in [0.15, 0.2) is 23.1 Å². The van der Waals surface area contributed by atoms with Crippen LogP contribution in [0.2, 0.25) is 0 Å². The van der Waals surface area contributed by atoms with Crippen molar-refractivity contribution in [3.63, 3.8) is 0 Å². The van der Waals surface area contributed by atoms with Gasteiger partial charge in [-0.2, -0.15) is 13.1 Å². The van der Waals surface area contributed by atoms with Gasteiger partial charge in [-0.15, -0.1) is 0 Å². The van der Waals surface area contributed by atoms with Gasteiger partial charge < -0.3 is 10.0 Å². The Morgan fingerprint density at radius 2 is 1.83 bits per heavy atom. The van der Waals surface area contributed by atoms with E-state index in [0.29, 0.717) is 11.0 Å². The molecule has 2 aromatic rings. The monoisotopic (exact) mass is 356 g/mol. The maximum absolute atomic E-state index is 12.8. The van der Waals surface area contributed by atoms with Crippen LogP contribution in [-0.2, 0) is 19.6 Å². The molecule has 1 aliphatic heterocycles. The van der Waals surface area contributed by atoms with Crippen molar-refractivity contribution in [3.05, 3.63) is 18.2 Å². The minimum absolute atomic E-state index is 0.0370. The molecule has 2 heterocycles. The van der Waals surface area contributed by atoms with Crippen molar-refractivity contribution in [2.75, 3.05) is 26.2 Å².